The summed E-state index contributed by atoms with van der Waals surface area (Å²) in [6.07, 6.45) is 1.92. The summed E-state index contributed by atoms with van der Waals surface area (Å²) >= 11 is 0. The first-order chi connectivity index (χ1) is 19.6. The number of carbonyl (C=O) groups excluding carboxylic acids is 1. The minimum Gasteiger partial charge on any atom is -0.398 e. The van der Waals surface area contributed by atoms with E-state index in [0.29, 0.717) is 41.3 Å². The lowest BCUT2D eigenvalue weighted by Crippen LogP contribution is -2.30. The van der Waals surface area contributed by atoms with Crippen LogP contribution in [0.25, 0.3) is 0 Å². The number of carbonyl (C=O) groups is 1. The van der Waals surface area contributed by atoms with Crippen LogP contribution >= 0.6 is 0 Å². The lowest BCUT2D eigenvalue weighted by atomic mass is 10.0. The molecule has 4 rings (SSSR count). The summed E-state index contributed by atoms with van der Waals surface area (Å²) in [5.74, 6) is -1.84. The molecule has 1 amide bonds. The number of benzene rings is 3. The molecule has 8 nitrogen and oxygen atoms in total. The van der Waals surface area contributed by atoms with Crippen molar-refractivity contribution in [2.45, 2.75) is 25.3 Å². The molecule has 0 unspecified atom stereocenters. The van der Waals surface area contributed by atoms with Crippen LogP contribution in [0.5, 0.6) is 0 Å². The maximum absolute atomic E-state index is 13.7. The SMILES string of the molecule is CN(C)CCN(C)c1ccc(C(=O)N=C(N)c2cc(Cc3cc(F)cc(F)c3)ccc2N)c(NC2CCOCC2)c1. The number of aliphatic imine (C=N–C) groups is 1. The first kappa shape index (κ1) is 30.0. The summed E-state index contributed by atoms with van der Waals surface area (Å²) in [5, 5.41) is 3.53. The maximum atomic E-state index is 13.7. The first-order valence-corrected chi connectivity index (χ1v) is 13.7. The van der Waals surface area contributed by atoms with Crippen molar-refractivity contribution < 1.29 is 18.3 Å². The number of nitrogens with one attached hydrogen (secondary N) is 1. The number of amides is 1. The fourth-order valence-electron chi connectivity index (χ4n) is 4.73. The molecule has 3 aromatic carbocycles. The molecular weight excluding hydrogens is 526 g/mol. The van der Waals surface area contributed by atoms with Crippen molar-refractivity contribution in [3.05, 3.63) is 88.5 Å². The Labute approximate surface area is 240 Å². The molecule has 1 saturated heterocycles. The predicted molar refractivity (Wildman–Crippen MR) is 161 cm³/mol. The van der Waals surface area contributed by atoms with Gasteiger partial charge in [0.1, 0.15) is 17.5 Å². The summed E-state index contributed by atoms with van der Waals surface area (Å²) in [6.45, 7) is 3.02. The molecule has 1 aliphatic rings. The van der Waals surface area contributed by atoms with Crippen LogP contribution < -0.4 is 21.7 Å². The molecule has 10 heteroatoms. The Balaban J connectivity index is 1.60. The summed E-state index contributed by atoms with van der Waals surface area (Å²) in [4.78, 5) is 21.9. The fraction of sp³-hybridized carbons (Fsp3) is 0.355. The second kappa shape index (κ2) is 13.6. The van der Waals surface area contributed by atoms with E-state index in [1.54, 1.807) is 24.3 Å². The van der Waals surface area contributed by atoms with E-state index in [9.17, 15) is 13.6 Å². The van der Waals surface area contributed by atoms with Crippen molar-refractivity contribution in [3.8, 4) is 0 Å². The van der Waals surface area contributed by atoms with Crippen molar-refractivity contribution in [3.63, 3.8) is 0 Å². The first-order valence-electron chi connectivity index (χ1n) is 13.7. The fourth-order valence-corrected chi connectivity index (χ4v) is 4.73. The van der Waals surface area contributed by atoms with Gasteiger partial charge in [0.05, 0.1) is 5.56 Å². The summed E-state index contributed by atoms with van der Waals surface area (Å²) < 4.78 is 32.8. The molecule has 41 heavy (non-hydrogen) atoms. The van der Waals surface area contributed by atoms with Gasteiger partial charge in [-0.25, -0.2) is 8.78 Å². The molecule has 0 radical (unpaired) electrons. The van der Waals surface area contributed by atoms with E-state index in [2.05, 4.69) is 20.1 Å². The Bertz CT molecular complexity index is 1390. The molecule has 0 aliphatic carbocycles. The van der Waals surface area contributed by atoms with Gasteiger partial charge in [-0.15, -0.1) is 0 Å². The number of hydrogen-bond acceptors (Lipinski definition) is 6. The molecule has 218 valence electrons. The molecule has 1 fully saturated rings. The van der Waals surface area contributed by atoms with Crippen LogP contribution in [0.3, 0.4) is 0 Å². The highest BCUT2D eigenvalue weighted by atomic mass is 19.1. The smallest absolute Gasteiger partial charge is 0.281 e. The van der Waals surface area contributed by atoms with Gasteiger partial charge in [-0.1, -0.05) is 6.07 Å². The van der Waals surface area contributed by atoms with Gasteiger partial charge >= 0.3 is 0 Å². The van der Waals surface area contributed by atoms with E-state index in [0.717, 1.165) is 43.2 Å². The Hall–Kier alpha value is -4.02. The van der Waals surface area contributed by atoms with Gasteiger partial charge in [0.15, 0.2) is 0 Å². The average molecular weight is 565 g/mol. The number of halogens is 2. The van der Waals surface area contributed by atoms with Crippen LogP contribution in [-0.2, 0) is 11.2 Å². The van der Waals surface area contributed by atoms with E-state index in [1.165, 1.54) is 12.1 Å². The van der Waals surface area contributed by atoms with Crippen LogP contribution in [0.15, 0.2) is 59.6 Å². The zero-order valence-electron chi connectivity index (χ0n) is 23.8. The Morgan fingerprint density at radius 3 is 2.34 bits per heavy atom. The molecule has 0 aromatic heterocycles. The monoisotopic (exact) mass is 564 g/mol. The molecule has 0 bridgehead atoms. The molecule has 0 atom stereocenters. The Morgan fingerprint density at radius 1 is 0.951 bits per heavy atom. The number of anilines is 3. The van der Waals surface area contributed by atoms with Gasteiger partial charge in [0.25, 0.3) is 5.91 Å². The van der Waals surface area contributed by atoms with Crippen molar-refractivity contribution in [1.29, 1.82) is 0 Å². The lowest BCUT2D eigenvalue weighted by Gasteiger charge is -2.27. The van der Waals surface area contributed by atoms with Crippen LogP contribution in [0, 0.1) is 11.6 Å². The molecular formula is C31H38F2N6O2. The normalized spacial score (nSPS) is 14.3. The second-order valence-electron chi connectivity index (χ2n) is 10.7. The molecule has 3 aromatic rings. The Kier molecular flexibility index (Phi) is 9.91. The van der Waals surface area contributed by atoms with Crippen LogP contribution in [0.2, 0.25) is 0 Å². The molecule has 1 heterocycles. The number of amidine groups is 1. The van der Waals surface area contributed by atoms with Gasteiger partial charge in [-0.05, 0) is 86.9 Å². The maximum Gasteiger partial charge on any atom is 0.281 e. The molecule has 5 N–H and O–H groups in total. The number of nitrogen functional groups attached to an aromatic ring is 1. The van der Waals surface area contributed by atoms with E-state index in [-0.39, 0.29) is 18.3 Å². The highest BCUT2D eigenvalue weighted by Crippen LogP contribution is 2.27. The number of ether oxygens (including phenoxy) is 1. The number of nitrogens with two attached hydrogens (primary N) is 2. The highest BCUT2D eigenvalue weighted by Gasteiger charge is 2.20. The third-order valence-electron chi connectivity index (χ3n) is 7.08. The van der Waals surface area contributed by atoms with Gasteiger partial charge in [0.2, 0.25) is 0 Å². The summed E-state index contributed by atoms with van der Waals surface area (Å²) in [7, 11) is 6.07. The number of rotatable bonds is 10. The summed E-state index contributed by atoms with van der Waals surface area (Å²) in [5.41, 5.74) is 16.4. The van der Waals surface area contributed by atoms with Gasteiger partial charge < -0.3 is 31.3 Å². The van der Waals surface area contributed by atoms with Crippen LogP contribution in [-0.4, -0.2) is 70.1 Å². The van der Waals surface area contributed by atoms with Gasteiger partial charge in [-0.3, -0.25) is 4.79 Å². The summed E-state index contributed by atoms with van der Waals surface area (Å²) in [6, 6.07) is 14.3. The molecule has 0 saturated carbocycles. The quantitative estimate of drug-likeness (QED) is 0.192. The Morgan fingerprint density at radius 2 is 1.66 bits per heavy atom. The largest absolute Gasteiger partial charge is 0.398 e. The molecule has 1 aliphatic heterocycles. The van der Waals surface area contributed by atoms with Crippen LogP contribution in [0.4, 0.5) is 25.8 Å². The van der Waals surface area contributed by atoms with E-state index in [1.807, 2.05) is 33.3 Å². The van der Waals surface area contributed by atoms with Gasteiger partial charge in [0, 0.05) is 68.1 Å². The minimum absolute atomic E-state index is 0.0380. The number of nitrogens with zero attached hydrogens (tertiary/aromatic N) is 3. The van der Waals surface area contributed by atoms with E-state index >= 15 is 0 Å². The van der Waals surface area contributed by atoms with Crippen molar-refractivity contribution in [2.75, 3.05) is 63.4 Å². The number of likely N-dealkylation sites (N-methyl/N-ethyl adjacent to an activating group) is 2. The van der Waals surface area contributed by atoms with E-state index in [4.69, 9.17) is 16.2 Å². The van der Waals surface area contributed by atoms with Crippen molar-refractivity contribution in [2.24, 2.45) is 10.7 Å². The third-order valence-corrected chi connectivity index (χ3v) is 7.08. The van der Waals surface area contributed by atoms with Gasteiger partial charge in [-0.2, -0.15) is 4.99 Å². The lowest BCUT2D eigenvalue weighted by molar-refractivity contribution is 0.0904. The molecule has 0 spiro atoms. The minimum atomic E-state index is -0.651. The standard InChI is InChI=1S/C31H38F2N6O2/c1-38(2)10-11-39(3)25-5-6-26(29(19-25)36-24-8-12-41-13-9-24)31(40)37-30(35)27-17-20(4-7-28(27)34)14-21-15-22(32)18-23(33)16-21/h4-7,15-19,24,36H,8-14,34H2,1-3H3,(H2,35,37,40). The zero-order valence-corrected chi connectivity index (χ0v) is 23.8. The average Bonchev–Trinajstić information content (AvgIpc) is 2.92. The second-order valence-corrected chi connectivity index (χ2v) is 10.7. The third kappa shape index (κ3) is 8.25. The predicted octanol–water partition coefficient (Wildman–Crippen LogP) is 4.27. The van der Waals surface area contributed by atoms with E-state index < -0.39 is 17.5 Å². The zero-order chi connectivity index (χ0) is 29.5. The topological polar surface area (TPSA) is 109 Å². The van der Waals surface area contributed by atoms with Crippen molar-refractivity contribution in [1.82, 2.24) is 4.90 Å². The van der Waals surface area contributed by atoms with Crippen LogP contribution in [0.1, 0.15) is 39.9 Å². The number of hydrogen-bond donors (Lipinski definition) is 3. The highest BCUT2D eigenvalue weighted by molar-refractivity contribution is 6.12. The van der Waals surface area contributed by atoms with Crippen molar-refractivity contribution >= 4 is 28.8 Å².